The summed E-state index contributed by atoms with van der Waals surface area (Å²) in [7, 11) is 0. The van der Waals surface area contributed by atoms with Crippen LogP contribution in [0.15, 0.2) is 23.7 Å². The third-order valence-corrected chi connectivity index (χ3v) is 3.29. The van der Waals surface area contributed by atoms with Crippen LogP contribution in [0.1, 0.15) is 26.0 Å². The van der Waals surface area contributed by atoms with Gasteiger partial charge in [-0.25, -0.2) is 14.8 Å². The molecule has 8 heteroatoms. The molecule has 0 unspecified atom stereocenters. The molecule has 0 aliphatic carbocycles. The molecule has 0 aromatic carbocycles. The summed E-state index contributed by atoms with van der Waals surface area (Å²) in [5, 5.41) is 13.8. The quantitative estimate of drug-likeness (QED) is 0.756. The number of thiazole rings is 1. The molecule has 0 fully saturated rings. The van der Waals surface area contributed by atoms with Crippen molar-refractivity contribution in [3.63, 3.8) is 0 Å². The fourth-order valence-corrected chi connectivity index (χ4v) is 2.24. The lowest BCUT2D eigenvalue weighted by Crippen LogP contribution is -2.13. The van der Waals surface area contributed by atoms with Gasteiger partial charge in [0.25, 0.3) is 5.91 Å². The molecule has 1 amide bonds. The third-order valence-electron chi connectivity index (χ3n) is 2.38. The van der Waals surface area contributed by atoms with Crippen LogP contribution >= 0.6 is 11.3 Å². The number of nitrogens with one attached hydrogen (secondary N) is 1. The summed E-state index contributed by atoms with van der Waals surface area (Å²) in [5.41, 5.74) is 6.05. The van der Waals surface area contributed by atoms with Crippen LogP contribution in [0.5, 0.6) is 0 Å². The topological polar surface area (TPSA) is 118 Å². The highest BCUT2D eigenvalue weighted by atomic mass is 32.1. The average Bonchev–Trinajstić information content (AvgIpc) is 2.88. The summed E-state index contributed by atoms with van der Waals surface area (Å²) in [4.78, 5) is 30.4. The molecule has 0 radical (unpaired) electrons. The van der Waals surface area contributed by atoms with Crippen molar-refractivity contribution in [2.75, 3.05) is 11.9 Å². The fraction of sp³-hybridized carbons (Fsp3) is 0.167. The largest absolute Gasteiger partial charge is 0.477 e. The molecule has 0 atom stereocenters. The van der Waals surface area contributed by atoms with Crippen LogP contribution in [0, 0.1) is 0 Å². The number of carboxylic acid groups (broad SMARTS) is 1. The summed E-state index contributed by atoms with van der Waals surface area (Å²) in [6.07, 6.45) is 1.92. The van der Waals surface area contributed by atoms with E-state index in [1.807, 2.05) is 0 Å². The summed E-state index contributed by atoms with van der Waals surface area (Å²) in [6, 6.07) is 2.79. The first kappa shape index (κ1) is 14.1. The van der Waals surface area contributed by atoms with Crippen molar-refractivity contribution < 1.29 is 14.7 Å². The molecule has 7 nitrogen and oxygen atoms in total. The second kappa shape index (κ2) is 6.22. The maximum Gasteiger partial charge on any atom is 0.354 e. The molecule has 0 aliphatic heterocycles. The van der Waals surface area contributed by atoms with Gasteiger partial charge in [0.1, 0.15) is 11.4 Å². The maximum absolute atomic E-state index is 11.9. The number of carboxylic acids is 1. The Morgan fingerprint density at radius 1 is 1.35 bits per heavy atom. The number of pyridine rings is 1. The van der Waals surface area contributed by atoms with Crippen LogP contribution in [0.25, 0.3) is 0 Å². The number of aromatic nitrogens is 2. The minimum Gasteiger partial charge on any atom is -0.477 e. The van der Waals surface area contributed by atoms with E-state index in [2.05, 4.69) is 15.3 Å². The number of aromatic carboxylic acids is 1. The molecule has 4 N–H and O–H groups in total. The lowest BCUT2D eigenvalue weighted by molar-refractivity contribution is 0.0690. The number of hydrogen-bond acceptors (Lipinski definition) is 6. The van der Waals surface area contributed by atoms with Gasteiger partial charge >= 0.3 is 5.97 Å². The monoisotopic (exact) mass is 292 g/mol. The first-order chi connectivity index (χ1) is 9.60. The number of anilines is 1. The average molecular weight is 292 g/mol. The molecule has 2 heterocycles. The molecule has 0 saturated heterocycles. The van der Waals surface area contributed by atoms with Crippen LogP contribution in [0.4, 0.5) is 5.69 Å². The Kier molecular flexibility index (Phi) is 4.38. The summed E-state index contributed by atoms with van der Waals surface area (Å²) < 4.78 is 0. The van der Waals surface area contributed by atoms with Crippen molar-refractivity contribution in [3.8, 4) is 0 Å². The van der Waals surface area contributed by atoms with Gasteiger partial charge in [0, 0.05) is 11.8 Å². The Morgan fingerprint density at radius 2 is 2.15 bits per heavy atom. The SMILES string of the molecule is NCCc1nc(C(=O)Nc2ccc(C(=O)O)nc2)cs1. The molecule has 20 heavy (non-hydrogen) atoms. The summed E-state index contributed by atoms with van der Waals surface area (Å²) in [6.45, 7) is 0.481. The predicted molar refractivity (Wildman–Crippen MR) is 74.0 cm³/mol. The number of carbonyl (C=O) groups excluding carboxylic acids is 1. The number of rotatable bonds is 5. The minimum absolute atomic E-state index is 0.0816. The molecule has 2 rings (SSSR count). The number of amides is 1. The van der Waals surface area contributed by atoms with Crippen molar-refractivity contribution in [1.82, 2.24) is 9.97 Å². The van der Waals surface area contributed by atoms with Gasteiger partial charge in [0.15, 0.2) is 0 Å². The van der Waals surface area contributed by atoms with Crippen molar-refractivity contribution in [1.29, 1.82) is 0 Å². The van der Waals surface area contributed by atoms with Crippen molar-refractivity contribution >= 4 is 28.9 Å². The van der Waals surface area contributed by atoms with Crippen LogP contribution in [0.2, 0.25) is 0 Å². The minimum atomic E-state index is -1.12. The molecular formula is C12H12N4O3S. The zero-order chi connectivity index (χ0) is 14.5. The van der Waals surface area contributed by atoms with Gasteiger partial charge in [0.05, 0.1) is 16.9 Å². The standard InChI is InChI=1S/C12H12N4O3S/c13-4-3-10-16-9(6-20-10)11(17)15-7-1-2-8(12(18)19)14-5-7/h1-2,5-6H,3-4,13H2,(H,15,17)(H,18,19). The number of carbonyl (C=O) groups is 2. The maximum atomic E-state index is 11.9. The normalized spacial score (nSPS) is 10.2. The first-order valence-electron chi connectivity index (χ1n) is 5.75. The molecule has 0 saturated carbocycles. The third kappa shape index (κ3) is 3.37. The highest BCUT2D eigenvalue weighted by molar-refractivity contribution is 7.09. The van der Waals surface area contributed by atoms with E-state index < -0.39 is 5.97 Å². The predicted octanol–water partition coefficient (Wildman–Crippen LogP) is 0.990. The van der Waals surface area contributed by atoms with E-state index in [0.717, 1.165) is 5.01 Å². The lowest BCUT2D eigenvalue weighted by atomic mass is 10.3. The van der Waals surface area contributed by atoms with E-state index in [1.54, 1.807) is 5.38 Å². The van der Waals surface area contributed by atoms with Gasteiger partial charge in [-0.2, -0.15) is 0 Å². The van der Waals surface area contributed by atoms with Gasteiger partial charge in [-0.1, -0.05) is 0 Å². The number of nitrogens with zero attached hydrogens (tertiary/aromatic N) is 2. The Labute approximate surface area is 118 Å². The molecule has 104 valence electrons. The van der Waals surface area contributed by atoms with E-state index in [0.29, 0.717) is 24.3 Å². The van der Waals surface area contributed by atoms with Crippen LogP contribution in [0.3, 0.4) is 0 Å². The lowest BCUT2D eigenvalue weighted by Gasteiger charge is -2.02. The van der Waals surface area contributed by atoms with Gasteiger partial charge in [-0.15, -0.1) is 11.3 Å². The van der Waals surface area contributed by atoms with E-state index in [9.17, 15) is 9.59 Å². The smallest absolute Gasteiger partial charge is 0.354 e. The van der Waals surface area contributed by atoms with Crippen molar-refractivity contribution in [2.24, 2.45) is 5.73 Å². The second-order valence-corrected chi connectivity index (χ2v) is 4.80. The fourth-order valence-electron chi connectivity index (χ4n) is 1.44. The molecule has 0 aliphatic rings. The number of hydrogen-bond donors (Lipinski definition) is 3. The zero-order valence-corrected chi connectivity index (χ0v) is 11.2. The number of nitrogens with two attached hydrogens (primary N) is 1. The van der Waals surface area contributed by atoms with E-state index in [-0.39, 0.29) is 11.6 Å². The Bertz CT molecular complexity index is 624. The summed E-state index contributed by atoms with van der Waals surface area (Å²) >= 11 is 1.37. The second-order valence-electron chi connectivity index (χ2n) is 3.86. The molecule has 2 aromatic heterocycles. The van der Waals surface area contributed by atoms with Gasteiger partial charge in [0.2, 0.25) is 0 Å². The van der Waals surface area contributed by atoms with Gasteiger partial charge < -0.3 is 16.2 Å². The van der Waals surface area contributed by atoms with E-state index in [1.165, 1.54) is 29.7 Å². The Morgan fingerprint density at radius 3 is 2.75 bits per heavy atom. The zero-order valence-electron chi connectivity index (χ0n) is 10.4. The highest BCUT2D eigenvalue weighted by Gasteiger charge is 2.11. The van der Waals surface area contributed by atoms with Gasteiger partial charge in [-0.05, 0) is 18.7 Å². The Hall–Kier alpha value is -2.32. The van der Waals surface area contributed by atoms with Crippen molar-refractivity contribution in [2.45, 2.75) is 6.42 Å². The highest BCUT2D eigenvalue weighted by Crippen LogP contribution is 2.13. The molecule has 2 aromatic rings. The summed E-state index contributed by atoms with van der Waals surface area (Å²) in [5.74, 6) is -1.48. The molecular weight excluding hydrogens is 280 g/mol. The van der Waals surface area contributed by atoms with E-state index in [4.69, 9.17) is 10.8 Å². The van der Waals surface area contributed by atoms with Gasteiger partial charge in [-0.3, -0.25) is 4.79 Å². The first-order valence-corrected chi connectivity index (χ1v) is 6.63. The van der Waals surface area contributed by atoms with Crippen LogP contribution < -0.4 is 11.1 Å². The Balaban J connectivity index is 2.04. The molecule has 0 spiro atoms. The van der Waals surface area contributed by atoms with Crippen molar-refractivity contribution in [3.05, 3.63) is 40.1 Å². The van der Waals surface area contributed by atoms with Crippen LogP contribution in [-0.4, -0.2) is 33.5 Å². The van der Waals surface area contributed by atoms with Crippen LogP contribution in [-0.2, 0) is 6.42 Å². The van der Waals surface area contributed by atoms with E-state index >= 15 is 0 Å². The molecule has 0 bridgehead atoms.